The van der Waals surface area contributed by atoms with Crippen molar-refractivity contribution in [1.82, 2.24) is 19.5 Å². The number of imidazole rings is 1. The van der Waals surface area contributed by atoms with Gasteiger partial charge in [-0.05, 0) is 11.0 Å². The van der Waals surface area contributed by atoms with Gasteiger partial charge in [-0.3, -0.25) is 13.9 Å². The topological polar surface area (TPSA) is 330 Å². The van der Waals surface area contributed by atoms with E-state index in [2.05, 4.69) is 33.5 Å². The average molecular weight is 669 g/mol. The Hall–Kier alpha value is -3.09. The molecular weight excluding hydrogens is 644 g/mol. The number of ether oxygens (including phenoxy) is 1. The first-order valence-corrected chi connectivity index (χ1v) is 15.1. The zero-order valence-electron chi connectivity index (χ0n) is 21.8. The maximum absolute atomic E-state index is 12.3. The second-order valence-electron chi connectivity index (χ2n) is 9.12. The maximum atomic E-state index is 12.3. The molecule has 25 heteroatoms. The predicted octanol–water partition coefficient (Wildman–Crippen LogP) is -3.11. The summed E-state index contributed by atoms with van der Waals surface area (Å²) in [4.78, 5) is 48.0. The lowest BCUT2D eigenvalue weighted by Gasteiger charge is -2.17. The number of fused-ring (bicyclic) bond motifs is 1. The van der Waals surface area contributed by atoms with Gasteiger partial charge in [0.05, 0.1) is 12.9 Å². The van der Waals surface area contributed by atoms with Gasteiger partial charge in [0.1, 0.15) is 34.7 Å². The molecule has 23 nitrogen and oxygen atoms in total. The number of amides is 1. The molecule has 3 aromatic heterocycles. The predicted molar refractivity (Wildman–Crippen MR) is 133 cm³/mol. The number of aliphatic hydroxyl groups is 4. The number of nitrogens with zero attached hydrogens (tertiary/aromatic N) is 5. The summed E-state index contributed by atoms with van der Waals surface area (Å²) in [6, 6.07) is 2.80. The lowest BCUT2D eigenvalue weighted by atomic mass is 10.1. The first-order chi connectivity index (χ1) is 20.7. The van der Waals surface area contributed by atoms with Crippen LogP contribution in [0.4, 0.5) is 5.82 Å². The molecule has 5 rings (SSSR count). The summed E-state index contributed by atoms with van der Waals surface area (Å²) in [5.41, 5.74) is 11.2. The van der Waals surface area contributed by atoms with Crippen molar-refractivity contribution in [3.05, 3.63) is 42.7 Å². The summed E-state index contributed by atoms with van der Waals surface area (Å²) < 4.78 is 46.2. The fraction of sp³-hybridized carbons (Fsp3) is 0.421. The van der Waals surface area contributed by atoms with Crippen LogP contribution in [0.3, 0.4) is 0 Å². The maximum Gasteiger partial charge on any atom is 0.514 e. The van der Waals surface area contributed by atoms with Crippen molar-refractivity contribution in [2.75, 3.05) is 12.3 Å². The highest BCUT2D eigenvalue weighted by Crippen LogP contribution is 2.61. The monoisotopic (exact) mass is 669 g/mol. The minimum atomic E-state index is -5.65. The van der Waals surface area contributed by atoms with Gasteiger partial charge in [0.2, 0.25) is 6.10 Å². The van der Waals surface area contributed by atoms with E-state index in [1.54, 1.807) is 0 Å². The smallest absolute Gasteiger partial charge is 0.387 e. The molecule has 2 fully saturated rings. The summed E-state index contributed by atoms with van der Waals surface area (Å²) in [6.07, 6.45) is -6.68. The second-order valence-corrected chi connectivity index (χ2v) is 12.1. The molecule has 9 atom stereocenters. The number of pyridine rings is 1. The van der Waals surface area contributed by atoms with E-state index in [1.165, 1.54) is 29.1 Å². The normalized spacial score (nSPS) is 30.4. The number of nitrogen functional groups attached to an aromatic ring is 1. The van der Waals surface area contributed by atoms with Crippen LogP contribution in [0.15, 0.2) is 37.2 Å². The first kappa shape index (κ1) is 32.3. The highest BCUT2D eigenvalue weighted by Gasteiger charge is 2.56. The Bertz CT molecular complexity index is 1630. The zero-order chi connectivity index (χ0) is 32.0. The summed E-state index contributed by atoms with van der Waals surface area (Å²) in [5.74, 6) is -0.781. The summed E-state index contributed by atoms with van der Waals surface area (Å²) >= 11 is 0. The van der Waals surface area contributed by atoms with Crippen LogP contribution in [0.5, 0.6) is 0 Å². The molecule has 5 heterocycles. The Labute approximate surface area is 244 Å². The van der Waals surface area contributed by atoms with E-state index in [-0.39, 0.29) is 22.5 Å². The number of carbonyl (C=O) groups excluding carboxylic acids is 1. The largest absolute Gasteiger partial charge is 0.514 e. The molecule has 0 bridgehead atoms. The third-order valence-electron chi connectivity index (χ3n) is 6.17. The number of phosphoric acid groups is 2. The lowest BCUT2D eigenvalue weighted by molar-refractivity contribution is -0.765. The Morgan fingerprint density at radius 3 is 2.59 bits per heavy atom. The SMILES string of the molecule is NC(=O)c1ccc[n+]([C@@H]2O[C@H](COP(=O)(O)OP(=O)(O)OO[O+]3O[C@@H](n4cnc5c(N)ncnc54)[C@H](O)[C@@H]3O)[C@@H](O)[C@H]2O)c1. The Morgan fingerprint density at radius 2 is 1.86 bits per heavy atom. The minimum absolute atomic E-state index is 0.00114. The Morgan fingerprint density at radius 1 is 1.11 bits per heavy atom. The number of hydrogen-bond donors (Lipinski definition) is 8. The molecule has 10 N–H and O–H groups in total. The number of rotatable bonds is 11. The third-order valence-corrected chi connectivity index (χ3v) is 8.55. The summed E-state index contributed by atoms with van der Waals surface area (Å²) in [5, 5.41) is 45.5. The molecule has 2 aliphatic heterocycles. The molecular formula is C19H25N7O16P2+2. The van der Waals surface area contributed by atoms with E-state index in [9.17, 15) is 44.1 Å². The van der Waals surface area contributed by atoms with Gasteiger partial charge in [-0.1, -0.05) is 4.67 Å². The standard InChI is InChI=1S/C19H23N7O16P2/c20-14-10-16(23-6-22-14)26(7-24-10)18-13(29)19(31)42(38-18)39-40-44(34,35)41-43(32,33)36-5-9-11(27)12(28)17(37-9)25-3-1-2-8(4-25)15(21)30/h1-4,6-7,9,11-13,17-19,27-29,31H,5H2,(H4-2,20,21,22,23,30,32,33,34,35)/p+2/t9-,11-,12-,13+,17-,18-,19-/m1/s1. The van der Waals surface area contributed by atoms with Gasteiger partial charge < -0.3 is 46.4 Å². The van der Waals surface area contributed by atoms with Gasteiger partial charge in [-0.2, -0.15) is 8.88 Å². The van der Waals surface area contributed by atoms with E-state index < -0.39 is 71.3 Å². The molecule has 240 valence electrons. The van der Waals surface area contributed by atoms with Crippen LogP contribution >= 0.6 is 15.6 Å². The van der Waals surface area contributed by atoms with Crippen LogP contribution in [0.1, 0.15) is 22.8 Å². The van der Waals surface area contributed by atoms with Gasteiger partial charge in [0.25, 0.3) is 18.4 Å². The second kappa shape index (κ2) is 12.4. The van der Waals surface area contributed by atoms with E-state index in [4.69, 9.17) is 21.1 Å². The molecule has 0 saturated carbocycles. The number of carbonyl (C=O) groups is 1. The Kier molecular flexibility index (Phi) is 9.08. The molecule has 2 unspecified atom stereocenters. The van der Waals surface area contributed by atoms with Crippen molar-refractivity contribution in [2.24, 2.45) is 5.73 Å². The fourth-order valence-electron chi connectivity index (χ4n) is 4.10. The van der Waals surface area contributed by atoms with Gasteiger partial charge >= 0.3 is 21.9 Å². The van der Waals surface area contributed by atoms with Gasteiger partial charge in [-0.25, -0.2) is 24.1 Å². The first-order valence-electron chi connectivity index (χ1n) is 12.1. The molecule has 0 aliphatic carbocycles. The van der Waals surface area contributed by atoms with E-state index in [0.717, 1.165) is 21.9 Å². The molecule has 0 aromatic carbocycles. The quantitative estimate of drug-likeness (QED) is 0.0329. The van der Waals surface area contributed by atoms with Crippen LogP contribution in [0, 0.1) is 0 Å². The van der Waals surface area contributed by atoms with Crippen LogP contribution in [0.2, 0.25) is 0 Å². The zero-order valence-corrected chi connectivity index (χ0v) is 23.6. The minimum Gasteiger partial charge on any atom is -0.387 e. The number of phosphoric ester groups is 1. The van der Waals surface area contributed by atoms with Crippen LogP contribution in [-0.4, -0.2) is 93.0 Å². The number of primary amides is 1. The number of aromatic nitrogens is 5. The number of aliphatic hydroxyl groups excluding tert-OH is 4. The number of hydrogen-bond acceptors (Lipinski definition) is 17. The lowest BCUT2D eigenvalue weighted by Crippen LogP contribution is -2.46. The van der Waals surface area contributed by atoms with Gasteiger partial charge in [0, 0.05) is 10.7 Å². The highest BCUT2D eigenvalue weighted by atomic mass is 31.3. The van der Waals surface area contributed by atoms with Crippen molar-refractivity contribution in [3.63, 3.8) is 0 Å². The van der Waals surface area contributed by atoms with Crippen molar-refractivity contribution < 1.29 is 81.5 Å². The number of nitrogens with two attached hydrogens (primary N) is 2. The van der Waals surface area contributed by atoms with Crippen LogP contribution in [0.25, 0.3) is 11.2 Å². The van der Waals surface area contributed by atoms with Gasteiger partial charge in [0.15, 0.2) is 30.0 Å². The molecule has 0 spiro atoms. The van der Waals surface area contributed by atoms with Crippen molar-refractivity contribution >= 4 is 38.5 Å². The van der Waals surface area contributed by atoms with E-state index in [1.807, 2.05) is 0 Å². The van der Waals surface area contributed by atoms with E-state index >= 15 is 0 Å². The third kappa shape index (κ3) is 6.62. The molecule has 1 amide bonds. The molecule has 2 aliphatic rings. The molecule has 2 saturated heterocycles. The van der Waals surface area contributed by atoms with Crippen molar-refractivity contribution in [3.8, 4) is 0 Å². The number of anilines is 1. The highest BCUT2D eigenvalue weighted by molar-refractivity contribution is 7.61. The van der Waals surface area contributed by atoms with E-state index in [0.29, 0.717) is 0 Å². The van der Waals surface area contributed by atoms with Crippen LogP contribution in [-0.2, 0) is 42.0 Å². The van der Waals surface area contributed by atoms with Crippen molar-refractivity contribution in [2.45, 2.75) is 43.2 Å². The van der Waals surface area contributed by atoms with Crippen molar-refractivity contribution in [1.29, 1.82) is 0 Å². The Balaban J connectivity index is 1.16. The van der Waals surface area contributed by atoms with Crippen LogP contribution < -0.4 is 16.0 Å². The summed E-state index contributed by atoms with van der Waals surface area (Å²) in [7, 11) is -11.1. The molecule has 0 radical (unpaired) electrons. The molecule has 3 aromatic rings. The summed E-state index contributed by atoms with van der Waals surface area (Å²) in [6.45, 7) is -0.955. The van der Waals surface area contributed by atoms with Gasteiger partial charge in [-0.15, -0.1) is 0 Å². The average Bonchev–Trinajstić information content (AvgIpc) is 3.61. The molecule has 44 heavy (non-hydrogen) atoms. The fourth-order valence-corrected chi connectivity index (χ4v) is 5.92.